The SMILES string of the molecule is Cc1ccc2c(=O)cc(C(=O)NC[C@H](c3ccc(C(C)(C)C)cc3)N(C)C)oc2c1C. The molecule has 0 radical (unpaired) electrons. The Kier molecular flexibility index (Phi) is 6.37. The van der Waals surface area contributed by atoms with Gasteiger partial charge in [-0.15, -0.1) is 0 Å². The van der Waals surface area contributed by atoms with Gasteiger partial charge in [-0.05, 0) is 61.7 Å². The molecule has 0 spiro atoms. The molecule has 0 unspecified atom stereocenters. The molecule has 1 N–H and O–H groups in total. The predicted molar refractivity (Wildman–Crippen MR) is 126 cm³/mol. The minimum Gasteiger partial charge on any atom is -0.450 e. The molecule has 1 amide bonds. The fraction of sp³-hybridized carbons (Fsp3) is 0.385. The van der Waals surface area contributed by atoms with Crippen molar-refractivity contribution in [3.05, 3.63) is 80.7 Å². The van der Waals surface area contributed by atoms with Gasteiger partial charge in [0, 0.05) is 12.6 Å². The normalized spacial score (nSPS) is 12.9. The highest BCUT2D eigenvalue weighted by Crippen LogP contribution is 2.25. The van der Waals surface area contributed by atoms with Crippen LogP contribution in [0.4, 0.5) is 0 Å². The Bertz CT molecular complexity index is 1150. The Balaban J connectivity index is 1.82. The fourth-order valence-corrected chi connectivity index (χ4v) is 3.64. The molecule has 2 aromatic carbocycles. The highest BCUT2D eigenvalue weighted by atomic mass is 16.3. The highest BCUT2D eigenvalue weighted by Gasteiger charge is 2.20. The maximum atomic E-state index is 12.8. The quantitative estimate of drug-likeness (QED) is 0.648. The fourth-order valence-electron chi connectivity index (χ4n) is 3.64. The van der Waals surface area contributed by atoms with Gasteiger partial charge in [0.2, 0.25) is 0 Å². The summed E-state index contributed by atoms with van der Waals surface area (Å²) in [5, 5.41) is 3.43. The Morgan fingerprint density at radius 3 is 2.29 bits per heavy atom. The summed E-state index contributed by atoms with van der Waals surface area (Å²) in [7, 11) is 3.97. The van der Waals surface area contributed by atoms with Crippen LogP contribution in [0, 0.1) is 13.8 Å². The van der Waals surface area contributed by atoms with Crippen molar-refractivity contribution in [2.45, 2.75) is 46.1 Å². The summed E-state index contributed by atoms with van der Waals surface area (Å²) in [4.78, 5) is 27.4. The second kappa shape index (κ2) is 8.67. The van der Waals surface area contributed by atoms with Crippen LogP contribution in [0.3, 0.4) is 0 Å². The van der Waals surface area contributed by atoms with Gasteiger partial charge in [-0.1, -0.05) is 51.1 Å². The van der Waals surface area contributed by atoms with Crippen molar-refractivity contribution in [3.63, 3.8) is 0 Å². The first-order valence-corrected chi connectivity index (χ1v) is 10.6. The molecule has 31 heavy (non-hydrogen) atoms. The summed E-state index contributed by atoms with van der Waals surface area (Å²) in [6, 6.07) is 13.4. The van der Waals surface area contributed by atoms with E-state index < -0.39 is 5.91 Å². The van der Waals surface area contributed by atoms with Gasteiger partial charge in [-0.2, -0.15) is 0 Å². The van der Waals surface area contributed by atoms with E-state index in [9.17, 15) is 9.59 Å². The van der Waals surface area contributed by atoms with E-state index in [2.05, 4.69) is 55.3 Å². The van der Waals surface area contributed by atoms with Gasteiger partial charge in [0.25, 0.3) is 5.91 Å². The maximum Gasteiger partial charge on any atom is 0.287 e. The minimum absolute atomic E-state index is 0.00544. The van der Waals surface area contributed by atoms with Gasteiger partial charge in [0.05, 0.1) is 11.4 Å². The van der Waals surface area contributed by atoms with E-state index >= 15 is 0 Å². The molecular weight excluding hydrogens is 388 g/mol. The Morgan fingerprint density at radius 2 is 1.71 bits per heavy atom. The monoisotopic (exact) mass is 420 g/mol. The van der Waals surface area contributed by atoms with Gasteiger partial charge in [-0.25, -0.2) is 0 Å². The number of fused-ring (bicyclic) bond motifs is 1. The van der Waals surface area contributed by atoms with E-state index in [1.165, 1.54) is 11.6 Å². The standard InChI is InChI=1S/C26H32N2O3/c1-16-8-13-20-22(29)14-23(31-24(20)17(16)2)25(30)27-15-21(28(6)7)18-9-11-19(12-10-18)26(3,4)5/h8-14,21H,15H2,1-7H3,(H,27,30)/t21-/m1/s1. The third-order valence-electron chi connectivity index (χ3n) is 5.88. The molecule has 0 aliphatic rings. The summed E-state index contributed by atoms with van der Waals surface area (Å²) in [6.45, 7) is 10.8. The zero-order chi connectivity index (χ0) is 22.9. The van der Waals surface area contributed by atoms with Crippen LogP contribution < -0.4 is 10.7 Å². The van der Waals surface area contributed by atoms with E-state index in [0.29, 0.717) is 17.5 Å². The number of nitrogens with one attached hydrogen (secondary N) is 1. The maximum absolute atomic E-state index is 12.8. The van der Waals surface area contributed by atoms with E-state index in [1.807, 2.05) is 34.0 Å². The first-order chi connectivity index (χ1) is 14.5. The van der Waals surface area contributed by atoms with Crippen LogP contribution in [0.25, 0.3) is 11.0 Å². The average molecular weight is 421 g/mol. The molecule has 0 saturated heterocycles. The van der Waals surface area contributed by atoms with Crippen molar-refractivity contribution in [1.82, 2.24) is 10.2 Å². The number of aryl methyl sites for hydroxylation is 2. The molecule has 0 bridgehead atoms. The molecule has 3 aromatic rings. The Morgan fingerprint density at radius 1 is 1.06 bits per heavy atom. The third-order valence-corrected chi connectivity index (χ3v) is 5.88. The zero-order valence-electron chi connectivity index (χ0n) is 19.5. The van der Waals surface area contributed by atoms with Gasteiger partial charge in [0.15, 0.2) is 11.2 Å². The summed E-state index contributed by atoms with van der Waals surface area (Å²) in [5.74, 6) is -0.357. The third kappa shape index (κ3) is 4.88. The average Bonchev–Trinajstić information content (AvgIpc) is 2.70. The van der Waals surface area contributed by atoms with Crippen LogP contribution in [0.5, 0.6) is 0 Å². The van der Waals surface area contributed by atoms with E-state index in [1.54, 1.807) is 6.07 Å². The number of nitrogens with zero attached hydrogens (tertiary/aromatic N) is 1. The molecule has 1 atom stereocenters. The zero-order valence-corrected chi connectivity index (χ0v) is 19.5. The van der Waals surface area contributed by atoms with E-state index in [4.69, 9.17) is 4.42 Å². The van der Waals surface area contributed by atoms with Gasteiger partial charge >= 0.3 is 0 Å². The summed E-state index contributed by atoms with van der Waals surface area (Å²) in [6.07, 6.45) is 0. The summed E-state index contributed by atoms with van der Waals surface area (Å²) >= 11 is 0. The molecule has 0 aliphatic carbocycles. The van der Waals surface area contributed by atoms with E-state index in [0.717, 1.165) is 16.7 Å². The number of amides is 1. The van der Waals surface area contributed by atoms with E-state index in [-0.39, 0.29) is 22.6 Å². The lowest BCUT2D eigenvalue weighted by Gasteiger charge is -2.26. The highest BCUT2D eigenvalue weighted by molar-refractivity contribution is 5.93. The van der Waals surface area contributed by atoms with Crippen molar-refractivity contribution >= 4 is 16.9 Å². The molecule has 5 heteroatoms. The van der Waals surface area contributed by atoms with Crippen LogP contribution >= 0.6 is 0 Å². The van der Waals surface area contributed by atoms with Crippen LogP contribution in [0.15, 0.2) is 51.7 Å². The van der Waals surface area contributed by atoms with Crippen LogP contribution in [0.2, 0.25) is 0 Å². The van der Waals surface area contributed by atoms with Crippen molar-refractivity contribution in [2.75, 3.05) is 20.6 Å². The van der Waals surface area contributed by atoms with Gasteiger partial charge in [-0.3, -0.25) is 9.59 Å². The van der Waals surface area contributed by atoms with Crippen molar-refractivity contribution in [1.29, 1.82) is 0 Å². The number of hydrogen-bond donors (Lipinski definition) is 1. The topological polar surface area (TPSA) is 62.6 Å². The van der Waals surface area contributed by atoms with Crippen molar-refractivity contribution in [3.8, 4) is 0 Å². The Labute approximate surface area is 184 Å². The number of likely N-dealkylation sites (N-methyl/N-ethyl adjacent to an activating group) is 1. The summed E-state index contributed by atoms with van der Waals surface area (Å²) < 4.78 is 5.84. The molecule has 0 fully saturated rings. The van der Waals surface area contributed by atoms with Gasteiger partial charge in [0.1, 0.15) is 5.58 Å². The lowest BCUT2D eigenvalue weighted by molar-refractivity contribution is 0.0914. The molecule has 0 saturated carbocycles. The largest absolute Gasteiger partial charge is 0.450 e. The minimum atomic E-state index is -0.391. The number of rotatable bonds is 5. The molecule has 5 nitrogen and oxygen atoms in total. The number of hydrogen-bond acceptors (Lipinski definition) is 4. The van der Waals surface area contributed by atoms with Crippen LogP contribution in [-0.4, -0.2) is 31.4 Å². The molecule has 3 rings (SSSR count). The molecule has 0 aliphatic heterocycles. The van der Waals surface area contributed by atoms with Gasteiger partial charge < -0.3 is 14.6 Å². The lowest BCUT2D eigenvalue weighted by atomic mass is 9.86. The molecule has 164 valence electrons. The first kappa shape index (κ1) is 22.8. The van der Waals surface area contributed by atoms with Crippen molar-refractivity contribution in [2.24, 2.45) is 0 Å². The predicted octanol–water partition coefficient (Wildman–Crippen LogP) is 4.74. The second-order valence-corrected chi connectivity index (χ2v) is 9.42. The number of carbonyl (C=O) groups excluding carboxylic acids is 1. The molecule has 1 aromatic heterocycles. The Hall–Kier alpha value is -2.92. The van der Waals surface area contributed by atoms with Crippen LogP contribution in [-0.2, 0) is 5.41 Å². The summed E-state index contributed by atoms with van der Waals surface area (Å²) in [5.41, 5.74) is 4.61. The van der Waals surface area contributed by atoms with Crippen molar-refractivity contribution < 1.29 is 9.21 Å². The number of carbonyl (C=O) groups is 1. The first-order valence-electron chi connectivity index (χ1n) is 10.6. The molecular formula is C26H32N2O3. The number of benzene rings is 2. The molecule has 1 heterocycles. The second-order valence-electron chi connectivity index (χ2n) is 9.42. The lowest BCUT2D eigenvalue weighted by Crippen LogP contribution is -2.35. The van der Waals surface area contributed by atoms with Crippen LogP contribution in [0.1, 0.15) is 59.6 Å². The smallest absolute Gasteiger partial charge is 0.287 e.